The molecule has 2 aliphatic rings. The van der Waals surface area contributed by atoms with E-state index in [1.54, 1.807) is 16.7 Å². The lowest BCUT2D eigenvalue weighted by Crippen LogP contribution is -2.40. The predicted molar refractivity (Wildman–Crippen MR) is 133 cm³/mol. The minimum atomic E-state index is -0.195. The molecule has 1 aromatic heterocycles. The Morgan fingerprint density at radius 1 is 1.09 bits per heavy atom. The number of Topliss-reactive ketones (excluding diaryl/α,β-unsaturated/α-hetero) is 1. The number of aromatic nitrogens is 2. The third kappa shape index (κ3) is 4.50. The Balaban J connectivity index is 1.45. The molecule has 1 atom stereocenters. The van der Waals surface area contributed by atoms with Gasteiger partial charge in [0.1, 0.15) is 0 Å². The highest BCUT2D eigenvalue weighted by Crippen LogP contribution is 2.44. The lowest BCUT2D eigenvalue weighted by Gasteiger charge is -2.36. The SMILES string of the molecule is Cc1ccc([C@H]2CC(=O)N(c3nnc(SCc4ccccc4Cl)s3)C3=C2C(=O)CCC3)cc1. The largest absolute Gasteiger partial charge is 0.294 e. The number of amides is 1. The fourth-order valence-corrected chi connectivity index (χ4v) is 6.57. The number of halogens is 1. The maximum absolute atomic E-state index is 13.3. The third-order valence-corrected chi connectivity index (χ3v) is 8.51. The fraction of sp³-hybridized carbons (Fsp3) is 0.280. The van der Waals surface area contributed by atoms with Crippen molar-refractivity contribution in [2.45, 2.75) is 48.6 Å². The predicted octanol–water partition coefficient (Wildman–Crippen LogP) is 6.32. The first-order chi connectivity index (χ1) is 16.0. The number of carbonyl (C=O) groups excluding carboxylic acids is 2. The first kappa shape index (κ1) is 22.3. The molecule has 1 aliphatic carbocycles. The van der Waals surface area contributed by atoms with E-state index in [-0.39, 0.29) is 24.0 Å². The van der Waals surface area contributed by atoms with Gasteiger partial charge in [0.25, 0.3) is 0 Å². The molecule has 2 aromatic carbocycles. The summed E-state index contributed by atoms with van der Waals surface area (Å²) in [6, 6.07) is 15.9. The van der Waals surface area contributed by atoms with E-state index in [0.29, 0.717) is 23.7 Å². The van der Waals surface area contributed by atoms with Crippen molar-refractivity contribution in [3.8, 4) is 0 Å². The van der Waals surface area contributed by atoms with Crippen molar-refractivity contribution in [2.24, 2.45) is 0 Å². The Morgan fingerprint density at radius 2 is 1.88 bits per heavy atom. The van der Waals surface area contributed by atoms with Crippen LogP contribution < -0.4 is 4.90 Å². The van der Waals surface area contributed by atoms with E-state index in [2.05, 4.69) is 10.2 Å². The molecule has 0 saturated carbocycles. The highest BCUT2D eigenvalue weighted by atomic mass is 35.5. The van der Waals surface area contributed by atoms with Gasteiger partial charge in [-0.15, -0.1) is 10.2 Å². The number of hydrogen-bond acceptors (Lipinski definition) is 6. The molecular weight excluding hydrogens is 474 g/mol. The molecule has 3 aromatic rings. The molecule has 0 fully saturated rings. The van der Waals surface area contributed by atoms with E-state index < -0.39 is 0 Å². The van der Waals surface area contributed by atoms with Crippen molar-refractivity contribution in [2.75, 3.05) is 4.90 Å². The van der Waals surface area contributed by atoms with Crippen LogP contribution in [0.4, 0.5) is 5.13 Å². The van der Waals surface area contributed by atoms with Crippen LogP contribution in [0, 0.1) is 6.92 Å². The fourth-order valence-electron chi connectivity index (χ4n) is 4.40. The number of carbonyl (C=O) groups is 2. The van der Waals surface area contributed by atoms with E-state index in [1.165, 1.54) is 11.3 Å². The van der Waals surface area contributed by atoms with E-state index in [4.69, 9.17) is 11.6 Å². The van der Waals surface area contributed by atoms with Crippen LogP contribution in [0.2, 0.25) is 5.02 Å². The normalized spacial score (nSPS) is 18.6. The van der Waals surface area contributed by atoms with Gasteiger partial charge in [0.05, 0.1) is 0 Å². The van der Waals surface area contributed by atoms with Gasteiger partial charge in [-0.3, -0.25) is 14.5 Å². The molecule has 0 N–H and O–H groups in total. The lowest BCUT2D eigenvalue weighted by molar-refractivity contribution is -0.119. The monoisotopic (exact) mass is 495 g/mol. The number of rotatable bonds is 5. The summed E-state index contributed by atoms with van der Waals surface area (Å²) in [5.41, 5.74) is 4.77. The van der Waals surface area contributed by atoms with Gasteiger partial charge in [-0.1, -0.05) is 82.7 Å². The molecule has 0 saturated heterocycles. The Kier molecular flexibility index (Phi) is 6.36. The zero-order chi connectivity index (χ0) is 22.9. The van der Waals surface area contributed by atoms with E-state index in [9.17, 15) is 9.59 Å². The number of allylic oxidation sites excluding steroid dienone is 2. The molecule has 0 unspecified atom stereocenters. The van der Waals surface area contributed by atoms with Gasteiger partial charge in [-0.05, 0) is 37.0 Å². The van der Waals surface area contributed by atoms with E-state index in [1.807, 2.05) is 55.5 Å². The van der Waals surface area contributed by atoms with Crippen LogP contribution >= 0.6 is 34.7 Å². The first-order valence-electron chi connectivity index (χ1n) is 10.9. The van der Waals surface area contributed by atoms with Gasteiger partial charge in [0.15, 0.2) is 10.1 Å². The second kappa shape index (κ2) is 9.41. The van der Waals surface area contributed by atoms with Crippen molar-refractivity contribution in [3.63, 3.8) is 0 Å². The van der Waals surface area contributed by atoms with E-state index >= 15 is 0 Å². The van der Waals surface area contributed by atoms with Gasteiger partial charge in [0.2, 0.25) is 11.0 Å². The number of nitrogens with zero attached hydrogens (tertiary/aromatic N) is 3. The number of thioether (sulfide) groups is 1. The maximum Gasteiger partial charge on any atom is 0.234 e. The smallest absolute Gasteiger partial charge is 0.234 e. The molecular formula is C25H22ClN3O2S2. The lowest BCUT2D eigenvalue weighted by atomic mass is 9.77. The van der Waals surface area contributed by atoms with Crippen LogP contribution in [0.15, 0.2) is 64.1 Å². The highest BCUT2D eigenvalue weighted by Gasteiger charge is 2.40. The molecule has 5 nitrogen and oxygen atoms in total. The van der Waals surface area contributed by atoms with Gasteiger partial charge in [-0.2, -0.15) is 0 Å². The molecule has 1 amide bonds. The van der Waals surface area contributed by atoms with Gasteiger partial charge < -0.3 is 0 Å². The Hall–Kier alpha value is -2.48. The Morgan fingerprint density at radius 3 is 2.67 bits per heavy atom. The average Bonchev–Trinajstić information content (AvgIpc) is 3.27. The van der Waals surface area contributed by atoms with Crippen LogP contribution in [0.1, 0.15) is 48.3 Å². The van der Waals surface area contributed by atoms with Gasteiger partial charge >= 0.3 is 0 Å². The second-order valence-corrected chi connectivity index (χ2v) is 10.8. The summed E-state index contributed by atoms with van der Waals surface area (Å²) < 4.78 is 0.766. The minimum Gasteiger partial charge on any atom is -0.294 e. The highest BCUT2D eigenvalue weighted by molar-refractivity contribution is 8.00. The van der Waals surface area contributed by atoms with Crippen LogP contribution in [0.25, 0.3) is 0 Å². The standard InChI is InChI=1S/C25H22ClN3O2S2/c1-15-9-11-16(12-10-15)18-13-22(31)29(20-7-4-8-21(30)23(18)20)24-27-28-25(33-24)32-14-17-5-2-3-6-19(17)26/h2-3,5-6,9-12,18H,4,7-8,13-14H2,1H3/t18-/m1/s1. The van der Waals surface area contributed by atoms with Crippen molar-refractivity contribution in [3.05, 3.63) is 81.5 Å². The van der Waals surface area contributed by atoms with Crippen molar-refractivity contribution < 1.29 is 9.59 Å². The maximum atomic E-state index is 13.3. The number of benzene rings is 2. The zero-order valence-corrected chi connectivity index (χ0v) is 20.5. The molecule has 2 heterocycles. The molecule has 1 aliphatic heterocycles. The van der Waals surface area contributed by atoms with E-state index in [0.717, 1.165) is 43.7 Å². The minimum absolute atomic E-state index is 0.0344. The number of ketones is 1. The first-order valence-corrected chi connectivity index (χ1v) is 13.0. The summed E-state index contributed by atoms with van der Waals surface area (Å²) in [7, 11) is 0. The van der Waals surface area contributed by atoms with Crippen molar-refractivity contribution in [1.29, 1.82) is 0 Å². The summed E-state index contributed by atoms with van der Waals surface area (Å²) in [5.74, 6) is 0.577. The number of aryl methyl sites for hydroxylation is 1. The van der Waals surface area contributed by atoms with Crippen LogP contribution in [-0.4, -0.2) is 21.9 Å². The van der Waals surface area contributed by atoms with Crippen LogP contribution in [0.3, 0.4) is 0 Å². The summed E-state index contributed by atoms with van der Waals surface area (Å²) >= 11 is 9.19. The van der Waals surface area contributed by atoms with Crippen molar-refractivity contribution in [1.82, 2.24) is 10.2 Å². The van der Waals surface area contributed by atoms with Crippen LogP contribution in [-0.2, 0) is 15.3 Å². The number of anilines is 1. The van der Waals surface area contributed by atoms with Crippen molar-refractivity contribution >= 4 is 51.5 Å². The molecule has 0 spiro atoms. The molecule has 5 rings (SSSR count). The quantitative estimate of drug-likeness (QED) is 0.306. The molecule has 0 radical (unpaired) electrons. The second-order valence-electron chi connectivity index (χ2n) is 8.26. The van der Waals surface area contributed by atoms with Gasteiger partial charge in [-0.25, -0.2) is 0 Å². The molecule has 8 heteroatoms. The molecule has 0 bridgehead atoms. The summed E-state index contributed by atoms with van der Waals surface area (Å²) in [5, 5.41) is 9.88. The van der Waals surface area contributed by atoms with Gasteiger partial charge in [0, 0.05) is 40.8 Å². The number of hydrogen-bond donors (Lipinski definition) is 0. The summed E-state index contributed by atoms with van der Waals surface area (Å²) in [4.78, 5) is 28.0. The Bertz CT molecular complexity index is 1250. The average molecular weight is 496 g/mol. The third-order valence-electron chi connectivity index (χ3n) is 6.05. The Labute approximate surface area is 205 Å². The summed E-state index contributed by atoms with van der Waals surface area (Å²) in [6.45, 7) is 2.03. The topological polar surface area (TPSA) is 63.2 Å². The summed E-state index contributed by atoms with van der Waals surface area (Å²) in [6.07, 6.45) is 2.22. The van der Waals surface area contributed by atoms with Crippen LogP contribution in [0.5, 0.6) is 0 Å². The zero-order valence-electron chi connectivity index (χ0n) is 18.1. The molecule has 168 valence electrons. The molecule has 33 heavy (non-hydrogen) atoms.